The molecular weight excluding hydrogens is 292 g/mol. The van der Waals surface area contributed by atoms with Crippen LogP contribution in [0.4, 0.5) is 0 Å². The zero-order valence-corrected chi connectivity index (χ0v) is 14.5. The Hall–Kier alpha value is -1.38. The molecule has 0 aromatic heterocycles. The summed E-state index contributed by atoms with van der Waals surface area (Å²) in [5.74, 6) is 2.09. The summed E-state index contributed by atoms with van der Waals surface area (Å²) in [5.41, 5.74) is 1.49. The van der Waals surface area contributed by atoms with Crippen molar-refractivity contribution in [1.29, 1.82) is 0 Å². The molecule has 24 heavy (non-hydrogen) atoms. The minimum Gasteiger partial charge on any atom is -0.298 e. The molecule has 2 aromatic rings. The Kier molecular flexibility index (Phi) is 3.83. The second kappa shape index (κ2) is 6.16. The monoisotopic (exact) mass is 320 g/mol. The molecule has 0 radical (unpaired) electrons. The summed E-state index contributed by atoms with van der Waals surface area (Å²) < 4.78 is 0. The maximum absolute atomic E-state index is 2.82. The van der Waals surface area contributed by atoms with Crippen LogP contribution in [-0.4, -0.2) is 42.0 Å². The number of fused-ring (bicyclic) bond motifs is 3. The van der Waals surface area contributed by atoms with E-state index in [9.17, 15) is 0 Å². The second-order valence-electron chi connectivity index (χ2n) is 8.19. The van der Waals surface area contributed by atoms with Gasteiger partial charge in [-0.2, -0.15) is 0 Å². The number of rotatable bonds is 3. The van der Waals surface area contributed by atoms with E-state index in [1.807, 2.05) is 0 Å². The van der Waals surface area contributed by atoms with Crippen molar-refractivity contribution < 1.29 is 0 Å². The molecule has 3 fully saturated rings. The highest BCUT2D eigenvalue weighted by Gasteiger charge is 2.42. The summed E-state index contributed by atoms with van der Waals surface area (Å²) in [6.45, 7) is 6.12. The molecule has 1 heterocycles. The maximum atomic E-state index is 2.82. The van der Waals surface area contributed by atoms with Gasteiger partial charge in [-0.1, -0.05) is 48.9 Å². The lowest BCUT2D eigenvalue weighted by atomic mass is 9.93. The third kappa shape index (κ3) is 2.66. The quantitative estimate of drug-likeness (QED) is 0.838. The van der Waals surface area contributed by atoms with Gasteiger partial charge < -0.3 is 0 Å². The van der Waals surface area contributed by atoms with Gasteiger partial charge >= 0.3 is 0 Å². The number of nitrogens with zero attached hydrogens (tertiary/aromatic N) is 2. The van der Waals surface area contributed by atoms with Crippen LogP contribution in [0.25, 0.3) is 10.8 Å². The minimum atomic E-state index is 0.920. The Balaban J connectivity index is 1.24. The Labute approximate surface area is 145 Å². The number of hydrogen-bond donors (Lipinski definition) is 0. The highest BCUT2D eigenvalue weighted by molar-refractivity contribution is 5.85. The lowest BCUT2D eigenvalue weighted by molar-refractivity contribution is 0.0681. The summed E-state index contributed by atoms with van der Waals surface area (Å²) in [4.78, 5) is 5.48. The average Bonchev–Trinajstić information content (AvgIpc) is 3.26. The fraction of sp³-hybridized carbons (Fsp3) is 0.545. The molecular formula is C22H28N2. The lowest BCUT2D eigenvalue weighted by Gasteiger charge is -2.41. The SMILES string of the molecule is c1ccc2c(CN3CCN([C@H]4C[C@H]5CC[C@@H]4C5)CC3)cccc2c1. The second-order valence-corrected chi connectivity index (χ2v) is 8.19. The van der Waals surface area contributed by atoms with Crippen molar-refractivity contribution in [2.75, 3.05) is 26.2 Å². The van der Waals surface area contributed by atoms with Crippen LogP contribution < -0.4 is 0 Å². The zero-order valence-electron chi connectivity index (χ0n) is 14.5. The fourth-order valence-corrected chi connectivity index (χ4v) is 5.58. The molecule has 2 heteroatoms. The topological polar surface area (TPSA) is 6.48 Å². The van der Waals surface area contributed by atoms with Gasteiger partial charge in [0.25, 0.3) is 0 Å². The van der Waals surface area contributed by atoms with Crippen molar-refractivity contribution in [3.8, 4) is 0 Å². The summed E-state index contributed by atoms with van der Waals surface area (Å²) in [5, 5.41) is 2.80. The predicted molar refractivity (Wildman–Crippen MR) is 100 cm³/mol. The van der Waals surface area contributed by atoms with Gasteiger partial charge in [-0.15, -0.1) is 0 Å². The number of piperazine rings is 1. The lowest BCUT2D eigenvalue weighted by Crippen LogP contribution is -2.51. The van der Waals surface area contributed by atoms with E-state index in [1.54, 1.807) is 0 Å². The summed E-state index contributed by atoms with van der Waals surface area (Å²) >= 11 is 0. The highest BCUT2D eigenvalue weighted by Crippen LogP contribution is 2.46. The van der Waals surface area contributed by atoms with Crippen molar-refractivity contribution in [3.63, 3.8) is 0 Å². The Morgan fingerprint density at radius 2 is 1.67 bits per heavy atom. The van der Waals surface area contributed by atoms with Gasteiger partial charge in [0.05, 0.1) is 0 Å². The van der Waals surface area contributed by atoms with Crippen LogP contribution in [0.15, 0.2) is 42.5 Å². The van der Waals surface area contributed by atoms with Gasteiger partial charge in [-0.05, 0) is 47.4 Å². The van der Waals surface area contributed by atoms with E-state index < -0.39 is 0 Å². The van der Waals surface area contributed by atoms with E-state index in [1.165, 1.54) is 68.2 Å². The van der Waals surface area contributed by atoms with E-state index in [4.69, 9.17) is 0 Å². The van der Waals surface area contributed by atoms with Crippen LogP contribution in [0.3, 0.4) is 0 Å². The standard InChI is InChI=1S/C22H28N2/c1-2-7-21-18(4-1)5-3-6-20(21)16-23-10-12-24(13-11-23)22-15-17-8-9-19(22)14-17/h1-7,17,19,22H,8-16H2/t17-,19+,22-/m0/s1. The minimum absolute atomic E-state index is 0.920. The molecule has 3 aliphatic rings. The van der Waals surface area contributed by atoms with Gasteiger partial charge in [-0.3, -0.25) is 9.80 Å². The first-order chi connectivity index (χ1) is 11.9. The molecule has 1 aliphatic heterocycles. The molecule has 2 saturated carbocycles. The molecule has 2 aromatic carbocycles. The van der Waals surface area contributed by atoms with Crippen LogP contribution >= 0.6 is 0 Å². The van der Waals surface area contributed by atoms with Gasteiger partial charge in [0.2, 0.25) is 0 Å². The Bertz CT molecular complexity index is 711. The van der Waals surface area contributed by atoms with Crippen molar-refractivity contribution >= 4 is 10.8 Å². The largest absolute Gasteiger partial charge is 0.298 e. The summed E-state index contributed by atoms with van der Waals surface area (Å²) in [6, 6.07) is 16.5. The van der Waals surface area contributed by atoms with Crippen LogP contribution in [0, 0.1) is 11.8 Å². The van der Waals surface area contributed by atoms with Crippen LogP contribution in [0.5, 0.6) is 0 Å². The van der Waals surface area contributed by atoms with E-state index in [-0.39, 0.29) is 0 Å². The first-order valence-electron chi connectivity index (χ1n) is 9.80. The normalized spacial score (nSPS) is 31.1. The molecule has 3 atom stereocenters. The van der Waals surface area contributed by atoms with Crippen LogP contribution in [-0.2, 0) is 6.54 Å². The van der Waals surface area contributed by atoms with E-state index in [0.717, 1.165) is 24.4 Å². The van der Waals surface area contributed by atoms with E-state index in [0.29, 0.717) is 0 Å². The van der Waals surface area contributed by atoms with Crippen LogP contribution in [0.2, 0.25) is 0 Å². The molecule has 0 unspecified atom stereocenters. The molecule has 2 aliphatic carbocycles. The van der Waals surface area contributed by atoms with Gasteiger partial charge in [0, 0.05) is 38.8 Å². The first-order valence-corrected chi connectivity index (χ1v) is 9.80. The third-order valence-electron chi connectivity index (χ3n) is 6.85. The first kappa shape index (κ1) is 14.9. The molecule has 0 N–H and O–H groups in total. The Morgan fingerprint density at radius 1 is 0.833 bits per heavy atom. The molecule has 5 rings (SSSR count). The van der Waals surface area contributed by atoms with Gasteiger partial charge in [0.1, 0.15) is 0 Å². The molecule has 2 nitrogen and oxygen atoms in total. The predicted octanol–water partition coefficient (Wildman–Crippen LogP) is 4.15. The Morgan fingerprint density at radius 3 is 2.46 bits per heavy atom. The molecule has 0 spiro atoms. The number of benzene rings is 2. The molecule has 0 amide bonds. The van der Waals surface area contributed by atoms with Gasteiger partial charge in [0.15, 0.2) is 0 Å². The summed E-state index contributed by atoms with van der Waals surface area (Å²) in [6.07, 6.45) is 6.04. The number of hydrogen-bond acceptors (Lipinski definition) is 2. The van der Waals surface area contributed by atoms with Crippen LogP contribution in [0.1, 0.15) is 31.2 Å². The van der Waals surface area contributed by atoms with Crippen molar-refractivity contribution in [1.82, 2.24) is 9.80 Å². The molecule has 1 saturated heterocycles. The smallest absolute Gasteiger partial charge is 0.0240 e. The fourth-order valence-electron chi connectivity index (χ4n) is 5.58. The summed E-state index contributed by atoms with van der Waals surface area (Å²) in [7, 11) is 0. The molecule has 2 bridgehead atoms. The third-order valence-corrected chi connectivity index (χ3v) is 6.85. The van der Waals surface area contributed by atoms with E-state index in [2.05, 4.69) is 52.3 Å². The van der Waals surface area contributed by atoms with E-state index >= 15 is 0 Å². The average molecular weight is 320 g/mol. The maximum Gasteiger partial charge on any atom is 0.0240 e. The van der Waals surface area contributed by atoms with Crippen molar-refractivity contribution in [3.05, 3.63) is 48.0 Å². The van der Waals surface area contributed by atoms with Gasteiger partial charge in [-0.25, -0.2) is 0 Å². The highest BCUT2D eigenvalue weighted by atomic mass is 15.3. The molecule has 126 valence electrons. The van der Waals surface area contributed by atoms with Crippen molar-refractivity contribution in [2.45, 2.75) is 38.3 Å². The zero-order chi connectivity index (χ0) is 15.9. The van der Waals surface area contributed by atoms with Crippen molar-refractivity contribution in [2.24, 2.45) is 11.8 Å².